The van der Waals surface area contributed by atoms with Gasteiger partial charge in [-0.05, 0) is 48.7 Å². The van der Waals surface area contributed by atoms with Gasteiger partial charge in [-0.3, -0.25) is 4.79 Å². The zero-order chi connectivity index (χ0) is 26.4. The molecule has 1 aliphatic rings. The van der Waals surface area contributed by atoms with E-state index in [1.807, 2.05) is 13.0 Å². The fourth-order valence-corrected chi connectivity index (χ4v) is 4.67. The molecule has 1 aliphatic heterocycles. The minimum Gasteiger partial charge on any atom is -0.488 e. The number of amides is 1. The van der Waals surface area contributed by atoms with Gasteiger partial charge in [0.25, 0.3) is 0 Å². The molecule has 13 heteroatoms. The first-order valence-corrected chi connectivity index (χ1v) is 12.2. The van der Waals surface area contributed by atoms with E-state index in [4.69, 9.17) is 20.4 Å². The molecular formula is C24H25FN6O5S. The van der Waals surface area contributed by atoms with Crippen LogP contribution in [0.3, 0.4) is 0 Å². The molecule has 1 aromatic heterocycles. The topological polar surface area (TPSA) is 161 Å². The van der Waals surface area contributed by atoms with E-state index in [9.17, 15) is 14.0 Å². The smallest absolute Gasteiger partial charge is 0.338 e. The molecule has 2 heterocycles. The molecule has 0 saturated heterocycles. The van der Waals surface area contributed by atoms with Crippen molar-refractivity contribution in [2.24, 2.45) is 16.2 Å². The number of anilines is 1. The maximum Gasteiger partial charge on any atom is 0.338 e. The van der Waals surface area contributed by atoms with Crippen molar-refractivity contribution in [1.82, 2.24) is 10.3 Å². The first-order chi connectivity index (χ1) is 17.8. The predicted octanol–water partition coefficient (Wildman–Crippen LogP) is 3.87. The van der Waals surface area contributed by atoms with Gasteiger partial charge in [0.1, 0.15) is 18.2 Å². The van der Waals surface area contributed by atoms with E-state index in [0.29, 0.717) is 23.8 Å². The van der Waals surface area contributed by atoms with Crippen LogP contribution in [0.15, 0.2) is 52.2 Å². The van der Waals surface area contributed by atoms with Crippen molar-refractivity contribution in [3.63, 3.8) is 0 Å². The lowest BCUT2D eigenvalue weighted by atomic mass is 9.81. The molecule has 0 radical (unpaired) electrons. The molecule has 4 rings (SSSR count). The number of hydrogen-bond acceptors (Lipinski definition) is 9. The maximum atomic E-state index is 14.3. The zero-order valence-electron chi connectivity index (χ0n) is 19.9. The summed E-state index contributed by atoms with van der Waals surface area (Å²) in [5.41, 5.74) is 0.570. The standard InChI is InChI=1S/C24H25FN6O5S/c1-24(13-21(32)30-23-27-7-9-37-23)17-12-20(36-15-2-3-16(22(33)34)18(25)11-15)19(35-8-6-29-31-26)10-14(17)4-5-28-24/h2-3,7,9-12,28H,4-6,8,13H2,1H3,(H2,26,29)(H,33,34)(H,27,30,32)/t24-/m1/s1. The van der Waals surface area contributed by atoms with Crippen LogP contribution in [-0.4, -0.2) is 41.7 Å². The normalized spacial score (nSPS) is 16.8. The van der Waals surface area contributed by atoms with E-state index in [2.05, 4.69) is 26.0 Å². The fraction of sp³-hybridized carbons (Fsp3) is 0.292. The summed E-state index contributed by atoms with van der Waals surface area (Å²) in [7, 11) is 0. The van der Waals surface area contributed by atoms with Gasteiger partial charge in [0.05, 0.1) is 12.1 Å². The minimum atomic E-state index is -1.38. The monoisotopic (exact) mass is 528 g/mol. The van der Waals surface area contributed by atoms with Crippen molar-refractivity contribution < 1.29 is 28.6 Å². The van der Waals surface area contributed by atoms with Crippen LogP contribution in [0.1, 0.15) is 34.8 Å². The Morgan fingerprint density at radius 1 is 1.32 bits per heavy atom. The summed E-state index contributed by atoms with van der Waals surface area (Å²) in [6.45, 7) is 2.93. The molecule has 2 aromatic carbocycles. The molecule has 37 heavy (non-hydrogen) atoms. The van der Waals surface area contributed by atoms with Crippen LogP contribution in [0.5, 0.6) is 17.2 Å². The number of nitrogens with zero attached hydrogens (tertiary/aromatic N) is 3. The SMILES string of the molecule is C[C@]1(CC(=O)Nc2nccs2)NCCc2cc(OCCN=NN)c(Oc3ccc(C(=O)O)c(F)c3)cc21. The average molecular weight is 529 g/mol. The Morgan fingerprint density at radius 3 is 2.86 bits per heavy atom. The van der Waals surface area contributed by atoms with Gasteiger partial charge in [-0.2, -0.15) is 5.11 Å². The Balaban J connectivity index is 1.66. The van der Waals surface area contributed by atoms with Crippen LogP contribution < -0.4 is 25.9 Å². The molecule has 0 fully saturated rings. The molecule has 194 valence electrons. The number of benzene rings is 2. The zero-order valence-corrected chi connectivity index (χ0v) is 20.7. The van der Waals surface area contributed by atoms with Gasteiger partial charge in [-0.1, -0.05) is 5.22 Å². The minimum absolute atomic E-state index is 0.0842. The van der Waals surface area contributed by atoms with Gasteiger partial charge in [0.2, 0.25) is 5.91 Å². The molecule has 3 aromatic rings. The molecule has 0 bridgehead atoms. The van der Waals surface area contributed by atoms with E-state index in [1.165, 1.54) is 17.4 Å². The number of carbonyl (C=O) groups excluding carboxylic acids is 1. The van der Waals surface area contributed by atoms with Crippen LogP contribution in [-0.2, 0) is 16.8 Å². The van der Waals surface area contributed by atoms with Crippen molar-refractivity contribution in [3.05, 3.63) is 64.4 Å². The van der Waals surface area contributed by atoms with E-state index < -0.39 is 22.9 Å². The van der Waals surface area contributed by atoms with Crippen LogP contribution in [0, 0.1) is 5.82 Å². The van der Waals surface area contributed by atoms with Crippen molar-refractivity contribution >= 4 is 28.3 Å². The maximum absolute atomic E-state index is 14.3. The van der Waals surface area contributed by atoms with Gasteiger partial charge in [-0.25, -0.2) is 14.2 Å². The lowest BCUT2D eigenvalue weighted by molar-refractivity contribution is -0.117. The van der Waals surface area contributed by atoms with Crippen molar-refractivity contribution in [2.75, 3.05) is 25.0 Å². The lowest BCUT2D eigenvalue weighted by Crippen LogP contribution is -2.47. The number of ether oxygens (including phenoxy) is 2. The largest absolute Gasteiger partial charge is 0.488 e. The summed E-state index contributed by atoms with van der Waals surface area (Å²) in [6.07, 6.45) is 2.42. The number of rotatable bonds is 10. The Hall–Kier alpha value is -4.10. The summed E-state index contributed by atoms with van der Waals surface area (Å²) < 4.78 is 26.1. The fourth-order valence-electron chi connectivity index (χ4n) is 4.12. The number of nitrogens with two attached hydrogens (primary N) is 1. The molecule has 0 spiro atoms. The Labute approximate surface area is 215 Å². The second kappa shape index (κ2) is 11.3. The van der Waals surface area contributed by atoms with E-state index in [1.54, 1.807) is 17.6 Å². The number of hydrogen-bond donors (Lipinski definition) is 4. The van der Waals surface area contributed by atoms with Crippen LogP contribution in [0.4, 0.5) is 9.52 Å². The molecule has 0 saturated carbocycles. The number of halogens is 1. The first kappa shape index (κ1) is 26.0. The number of fused-ring (bicyclic) bond motifs is 1. The average Bonchev–Trinajstić information content (AvgIpc) is 3.35. The Morgan fingerprint density at radius 2 is 2.16 bits per heavy atom. The number of nitrogens with one attached hydrogen (secondary N) is 2. The number of carbonyl (C=O) groups is 2. The lowest BCUT2D eigenvalue weighted by Gasteiger charge is -2.37. The van der Waals surface area contributed by atoms with Crippen LogP contribution >= 0.6 is 11.3 Å². The highest BCUT2D eigenvalue weighted by molar-refractivity contribution is 7.13. The third kappa shape index (κ3) is 6.19. The molecular weight excluding hydrogens is 503 g/mol. The summed E-state index contributed by atoms with van der Waals surface area (Å²) in [5, 5.41) is 24.5. The Kier molecular flexibility index (Phi) is 7.94. The van der Waals surface area contributed by atoms with Crippen molar-refractivity contribution in [2.45, 2.75) is 25.3 Å². The summed E-state index contributed by atoms with van der Waals surface area (Å²) in [5.74, 6) is 3.26. The Bertz CT molecular complexity index is 1320. The highest BCUT2D eigenvalue weighted by atomic mass is 32.1. The number of carboxylic acid groups (broad SMARTS) is 1. The van der Waals surface area contributed by atoms with Gasteiger partial charge < -0.3 is 31.1 Å². The molecule has 1 atom stereocenters. The number of aromatic nitrogens is 1. The molecule has 5 N–H and O–H groups in total. The van der Waals surface area contributed by atoms with Gasteiger partial charge in [0.15, 0.2) is 16.6 Å². The van der Waals surface area contributed by atoms with Crippen molar-refractivity contribution in [1.29, 1.82) is 0 Å². The number of thiazole rings is 1. The van der Waals surface area contributed by atoms with E-state index >= 15 is 0 Å². The van der Waals surface area contributed by atoms with Gasteiger partial charge in [0, 0.05) is 36.1 Å². The second-order valence-electron chi connectivity index (χ2n) is 8.41. The number of carboxylic acids is 1. The van der Waals surface area contributed by atoms with E-state index in [-0.39, 0.29) is 37.0 Å². The highest BCUT2D eigenvalue weighted by Crippen LogP contribution is 2.41. The summed E-state index contributed by atoms with van der Waals surface area (Å²) in [6, 6.07) is 7.05. The summed E-state index contributed by atoms with van der Waals surface area (Å²) >= 11 is 1.33. The number of aromatic carboxylic acids is 1. The third-order valence-corrected chi connectivity index (χ3v) is 6.48. The van der Waals surface area contributed by atoms with Crippen LogP contribution in [0.2, 0.25) is 0 Å². The predicted molar refractivity (Wildman–Crippen MR) is 134 cm³/mol. The first-order valence-electron chi connectivity index (χ1n) is 11.3. The quantitative estimate of drug-likeness (QED) is 0.133. The van der Waals surface area contributed by atoms with Crippen molar-refractivity contribution in [3.8, 4) is 17.2 Å². The highest BCUT2D eigenvalue weighted by Gasteiger charge is 2.35. The summed E-state index contributed by atoms with van der Waals surface area (Å²) in [4.78, 5) is 28.1. The van der Waals surface area contributed by atoms with Gasteiger partial charge in [-0.15, -0.1) is 11.3 Å². The second-order valence-corrected chi connectivity index (χ2v) is 9.30. The van der Waals surface area contributed by atoms with E-state index in [0.717, 1.165) is 23.3 Å². The van der Waals surface area contributed by atoms with Gasteiger partial charge >= 0.3 is 5.97 Å². The molecule has 11 nitrogen and oxygen atoms in total. The third-order valence-electron chi connectivity index (χ3n) is 5.80. The molecule has 0 aliphatic carbocycles. The molecule has 1 amide bonds. The van der Waals surface area contributed by atoms with Crippen LogP contribution in [0.25, 0.3) is 0 Å². The molecule has 0 unspecified atom stereocenters.